The number of nitrogens with zero attached hydrogens (tertiary/aromatic N) is 1. The fourth-order valence-electron chi connectivity index (χ4n) is 2.70. The van der Waals surface area contributed by atoms with Crippen LogP contribution in [0.4, 0.5) is 10.5 Å². The molecular formula is C13H17N3O. The Hall–Kier alpha value is -1.55. The van der Waals surface area contributed by atoms with E-state index in [2.05, 4.69) is 10.6 Å². The predicted octanol–water partition coefficient (Wildman–Crippen LogP) is 1.51. The summed E-state index contributed by atoms with van der Waals surface area (Å²) in [5.41, 5.74) is 1.23. The quantitative estimate of drug-likeness (QED) is 0.769. The number of hydrogen-bond acceptors (Lipinski definition) is 2. The lowest BCUT2D eigenvalue weighted by Gasteiger charge is -2.47. The fourth-order valence-corrected chi connectivity index (χ4v) is 2.70. The van der Waals surface area contributed by atoms with Crippen molar-refractivity contribution in [1.82, 2.24) is 10.2 Å². The highest BCUT2D eigenvalue weighted by Gasteiger charge is 2.46. The molecule has 17 heavy (non-hydrogen) atoms. The Morgan fingerprint density at radius 3 is 2.71 bits per heavy atom. The summed E-state index contributed by atoms with van der Waals surface area (Å²) in [6, 6.07) is 9.63. The molecule has 2 heterocycles. The maximum Gasteiger partial charge on any atom is 0.321 e. The van der Waals surface area contributed by atoms with E-state index >= 15 is 0 Å². The van der Waals surface area contributed by atoms with Crippen LogP contribution in [0, 0.1) is 5.41 Å². The lowest BCUT2D eigenvalue weighted by atomic mass is 9.79. The van der Waals surface area contributed by atoms with Crippen molar-refractivity contribution in [2.45, 2.75) is 6.42 Å². The summed E-state index contributed by atoms with van der Waals surface area (Å²) in [6.45, 7) is 3.92. The third-order valence-corrected chi connectivity index (χ3v) is 3.70. The average Bonchev–Trinajstić information content (AvgIpc) is 2.77. The molecule has 3 rings (SSSR count). The summed E-state index contributed by atoms with van der Waals surface area (Å²) in [4.78, 5) is 13.8. The molecule has 1 aromatic rings. The molecule has 90 valence electrons. The van der Waals surface area contributed by atoms with E-state index in [1.54, 1.807) is 0 Å². The van der Waals surface area contributed by atoms with Crippen LogP contribution >= 0.6 is 0 Å². The highest BCUT2D eigenvalue weighted by atomic mass is 16.2. The zero-order chi connectivity index (χ0) is 11.7. The average molecular weight is 231 g/mol. The normalized spacial score (nSPS) is 21.3. The van der Waals surface area contributed by atoms with Crippen molar-refractivity contribution in [2.24, 2.45) is 5.41 Å². The van der Waals surface area contributed by atoms with Crippen molar-refractivity contribution < 1.29 is 4.79 Å². The zero-order valence-corrected chi connectivity index (χ0v) is 9.78. The number of anilines is 1. The van der Waals surface area contributed by atoms with E-state index in [1.807, 2.05) is 35.2 Å². The molecule has 0 saturated carbocycles. The molecule has 0 aliphatic carbocycles. The minimum absolute atomic E-state index is 0.0220. The number of para-hydroxylation sites is 1. The SMILES string of the molecule is O=C(Nc1ccccc1)N1CC2(CCNC2)C1. The second-order valence-electron chi connectivity index (χ2n) is 5.08. The van der Waals surface area contributed by atoms with Crippen LogP contribution in [-0.4, -0.2) is 37.1 Å². The monoisotopic (exact) mass is 231 g/mol. The summed E-state index contributed by atoms with van der Waals surface area (Å²) in [5.74, 6) is 0. The van der Waals surface area contributed by atoms with Crippen LogP contribution in [0.5, 0.6) is 0 Å². The van der Waals surface area contributed by atoms with Crippen molar-refractivity contribution in [3.05, 3.63) is 30.3 Å². The number of amides is 2. The van der Waals surface area contributed by atoms with Crippen molar-refractivity contribution in [3.8, 4) is 0 Å². The standard InChI is InChI=1S/C13H17N3O/c17-12(15-11-4-2-1-3-5-11)16-9-13(10-16)6-7-14-8-13/h1-5,14H,6-10H2,(H,15,17). The van der Waals surface area contributed by atoms with Gasteiger partial charge in [0.2, 0.25) is 0 Å². The van der Waals surface area contributed by atoms with Crippen LogP contribution in [0.3, 0.4) is 0 Å². The Labute approximate surface area is 101 Å². The molecule has 0 aromatic heterocycles. The first kappa shape index (κ1) is 10.6. The zero-order valence-electron chi connectivity index (χ0n) is 9.78. The highest BCUT2D eigenvalue weighted by Crippen LogP contribution is 2.36. The minimum atomic E-state index is 0.0220. The lowest BCUT2D eigenvalue weighted by molar-refractivity contribution is 0.0541. The molecule has 2 fully saturated rings. The Morgan fingerprint density at radius 1 is 1.29 bits per heavy atom. The third-order valence-electron chi connectivity index (χ3n) is 3.70. The Bertz CT molecular complexity index is 404. The first-order valence-electron chi connectivity index (χ1n) is 6.09. The third kappa shape index (κ3) is 2.00. The van der Waals surface area contributed by atoms with E-state index in [0.717, 1.165) is 31.9 Å². The number of carbonyl (C=O) groups excluding carboxylic acids is 1. The number of urea groups is 1. The number of nitrogens with one attached hydrogen (secondary N) is 2. The molecule has 2 aliphatic heterocycles. The van der Waals surface area contributed by atoms with Crippen LogP contribution < -0.4 is 10.6 Å². The molecule has 2 N–H and O–H groups in total. The van der Waals surface area contributed by atoms with Gasteiger partial charge in [0.15, 0.2) is 0 Å². The molecule has 4 heteroatoms. The Morgan fingerprint density at radius 2 is 2.06 bits per heavy atom. The summed E-state index contributed by atoms with van der Waals surface area (Å²) < 4.78 is 0. The van der Waals surface area contributed by atoms with Gasteiger partial charge in [0.25, 0.3) is 0 Å². The smallest absolute Gasteiger partial charge is 0.321 e. The van der Waals surface area contributed by atoms with Gasteiger partial charge in [-0.3, -0.25) is 0 Å². The molecule has 0 atom stereocenters. The predicted molar refractivity (Wildman–Crippen MR) is 67.0 cm³/mol. The topological polar surface area (TPSA) is 44.4 Å². The number of hydrogen-bond donors (Lipinski definition) is 2. The first-order chi connectivity index (χ1) is 8.27. The van der Waals surface area contributed by atoms with E-state index in [0.29, 0.717) is 5.41 Å². The molecule has 2 amide bonds. The maximum atomic E-state index is 11.9. The van der Waals surface area contributed by atoms with Crippen LogP contribution in [0.25, 0.3) is 0 Å². The van der Waals surface area contributed by atoms with Gasteiger partial charge in [-0.15, -0.1) is 0 Å². The minimum Gasteiger partial charge on any atom is -0.323 e. The first-order valence-corrected chi connectivity index (χ1v) is 6.09. The van der Waals surface area contributed by atoms with Crippen LogP contribution in [0.15, 0.2) is 30.3 Å². The highest BCUT2D eigenvalue weighted by molar-refractivity contribution is 5.89. The van der Waals surface area contributed by atoms with Gasteiger partial charge in [-0.2, -0.15) is 0 Å². The number of likely N-dealkylation sites (tertiary alicyclic amines) is 1. The second kappa shape index (κ2) is 4.04. The molecule has 2 aliphatic rings. The molecule has 0 radical (unpaired) electrons. The van der Waals surface area contributed by atoms with Crippen LogP contribution in [-0.2, 0) is 0 Å². The second-order valence-corrected chi connectivity index (χ2v) is 5.08. The van der Waals surface area contributed by atoms with Crippen molar-refractivity contribution in [2.75, 3.05) is 31.5 Å². The van der Waals surface area contributed by atoms with E-state index < -0.39 is 0 Å². The van der Waals surface area contributed by atoms with Gasteiger partial charge in [0.1, 0.15) is 0 Å². The van der Waals surface area contributed by atoms with Crippen molar-refractivity contribution >= 4 is 11.7 Å². The molecular weight excluding hydrogens is 214 g/mol. The van der Waals surface area contributed by atoms with E-state index in [4.69, 9.17) is 0 Å². The van der Waals surface area contributed by atoms with Crippen molar-refractivity contribution in [1.29, 1.82) is 0 Å². The van der Waals surface area contributed by atoms with Gasteiger partial charge in [0, 0.05) is 30.7 Å². The van der Waals surface area contributed by atoms with Crippen molar-refractivity contribution in [3.63, 3.8) is 0 Å². The summed E-state index contributed by atoms with van der Waals surface area (Å²) >= 11 is 0. The maximum absolute atomic E-state index is 11.9. The van der Waals surface area contributed by atoms with Gasteiger partial charge in [0.05, 0.1) is 0 Å². The van der Waals surface area contributed by atoms with Crippen LogP contribution in [0.2, 0.25) is 0 Å². The summed E-state index contributed by atoms with van der Waals surface area (Å²) in [5, 5.41) is 6.28. The number of rotatable bonds is 1. The number of carbonyl (C=O) groups is 1. The molecule has 1 spiro atoms. The molecule has 2 saturated heterocycles. The van der Waals surface area contributed by atoms with Crippen LogP contribution in [0.1, 0.15) is 6.42 Å². The van der Waals surface area contributed by atoms with Gasteiger partial charge in [-0.05, 0) is 25.1 Å². The largest absolute Gasteiger partial charge is 0.323 e. The van der Waals surface area contributed by atoms with E-state index in [9.17, 15) is 4.79 Å². The fraction of sp³-hybridized carbons (Fsp3) is 0.462. The molecule has 4 nitrogen and oxygen atoms in total. The lowest BCUT2D eigenvalue weighted by Crippen LogP contribution is -2.60. The van der Waals surface area contributed by atoms with Gasteiger partial charge in [-0.1, -0.05) is 18.2 Å². The molecule has 1 aromatic carbocycles. The van der Waals surface area contributed by atoms with Gasteiger partial charge in [-0.25, -0.2) is 4.79 Å². The molecule has 0 bridgehead atoms. The van der Waals surface area contributed by atoms with Gasteiger partial charge >= 0.3 is 6.03 Å². The Kier molecular flexibility index (Phi) is 2.52. The summed E-state index contributed by atoms with van der Waals surface area (Å²) in [7, 11) is 0. The van der Waals surface area contributed by atoms with E-state index in [-0.39, 0.29) is 6.03 Å². The number of benzene rings is 1. The van der Waals surface area contributed by atoms with Gasteiger partial charge < -0.3 is 15.5 Å². The van der Waals surface area contributed by atoms with E-state index in [1.165, 1.54) is 6.42 Å². The molecule has 0 unspecified atom stereocenters. The summed E-state index contributed by atoms with van der Waals surface area (Å²) in [6.07, 6.45) is 1.20. The Balaban J connectivity index is 1.55.